The Morgan fingerprint density at radius 2 is 2.10 bits per heavy atom. The zero-order chi connectivity index (χ0) is 15.6. The maximum absolute atomic E-state index is 12.2. The Balaban J connectivity index is 2.05. The summed E-state index contributed by atoms with van der Waals surface area (Å²) in [6.07, 6.45) is 0.671. The van der Waals surface area contributed by atoms with Crippen LogP contribution in [-0.2, 0) is 16.0 Å². The number of hydrogen-bond donors (Lipinski definition) is 3. The van der Waals surface area contributed by atoms with Crippen molar-refractivity contribution >= 4 is 23.5 Å². The number of aliphatic carboxylic acids is 1. The Labute approximate surface area is 122 Å². The minimum Gasteiger partial charge on any atom is -0.481 e. The highest BCUT2D eigenvalue weighted by atomic mass is 16.4. The number of amides is 2. The fraction of sp³-hybridized carbons (Fsp3) is 0.400. The molecule has 2 amide bonds. The molecule has 0 bridgehead atoms. The molecule has 1 aromatic rings. The molecule has 1 aliphatic heterocycles. The van der Waals surface area contributed by atoms with E-state index < -0.39 is 11.5 Å². The van der Waals surface area contributed by atoms with E-state index in [1.54, 1.807) is 32.0 Å². The summed E-state index contributed by atoms with van der Waals surface area (Å²) in [5, 5.41) is 14.2. The molecular weight excluding hydrogens is 272 g/mol. The lowest BCUT2D eigenvalue weighted by molar-refractivity contribution is -0.137. The van der Waals surface area contributed by atoms with Crippen LogP contribution < -0.4 is 10.6 Å². The number of carbonyl (C=O) groups excluding carboxylic acids is 2. The van der Waals surface area contributed by atoms with Crippen LogP contribution >= 0.6 is 0 Å². The predicted octanol–water partition coefficient (Wildman–Crippen LogP) is 1.55. The molecule has 0 atom stereocenters. The maximum atomic E-state index is 12.2. The first-order valence-electron chi connectivity index (χ1n) is 6.74. The number of benzene rings is 1. The lowest BCUT2D eigenvalue weighted by Gasteiger charge is -2.25. The fourth-order valence-corrected chi connectivity index (χ4v) is 2.22. The minimum absolute atomic E-state index is 0.00642. The van der Waals surface area contributed by atoms with Gasteiger partial charge in [-0.2, -0.15) is 0 Å². The van der Waals surface area contributed by atoms with E-state index in [0.717, 1.165) is 5.56 Å². The Kier molecular flexibility index (Phi) is 3.97. The normalized spacial score (nSPS) is 13.5. The Morgan fingerprint density at radius 3 is 2.76 bits per heavy atom. The molecule has 1 aliphatic rings. The van der Waals surface area contributed by atoms with Gasteiger partial charge in [-0.15, -0.1) is 0 Å². The molecule has 0 saturated heterocycles. The molecular formula is C15H18N2O4. The molecule has 1 aromatic carbocycles. The van der Waals surface area contributed by atoms with Crippen LogP contribution in [0.1, 0.15) is 42.6 Å². The van der Waals surface area contributed by atoms with Crippen molar-refractivity contribution < 1.29 is 19.5 Å². The van der Waals surface area contributed by atoms with E-state index in [0.29, 0.717) is 24.1 Å². The molecule has 2 rings (SSSR count). The van der Waals surface area contributed by atoms with Crippen molar-refractivity contribution in [1.82, 2.24) is 5.32 Å². The first-order chi connectivity index (χ1) is 9.77. The van der Waals surface area contributed by atoms with Crippen molar-refractivity contribution in [3.05, 3.63) is 29.3 Å². The third kappa shape index (κ3) is 3.81. The second-order valence-electron chi connectivity index (χ2n) is 5.83. The molecule has 3 N–H and O–H groups in total. The van der Waals surface area contributed by atoms with Crippen LogP contribution in [0.2, 0.25) is 0 Å². The summed E-state index contributed by atoms with van der Waals surface area (Å²) in [6, 6.07) is 5.07. The van der Waals surface area contributed by atoms with Gasteiger partial charge in [-0.05, 0) is 38.0 Å². The van der Waals surface area contributed by atoms with Gasteiger partial charge in [0.05, 0.1) is 6.42 Å². The Morgan fingerprint density at radius 1 is 1.38 bits per heavy atom. The molecule has 6 heteroatoms. The predicted molar refractivity (Wildman–Crippen MR) is 77.2 cm³/mol. The van der Waals surface area contributed by atoms with Gasteiger partial charge in [0.1, 0.15) is 0 Å². The van der Waals surface area contributed by atoms with E-state index in [-0.39, 0.29) is 18.2 Å². The number of nitrogens with one attached hydrogen (secondary N) is 2. The number of carbonyl (C=O) groups is 3. The summed E-state index contributed by atoms with van der Waals surface area (Å²) in [5.41, 5.74) is 1.37. The maximum Gasteiger partial charge on any atom is 0.303 e. The van der Waals surface area contributed by atoms with Gasteiger partial charge in [0.2, 0.25) is 5.91 Å². The van der Waals surface area contributed by atoms with Crippen LogP contribution in [0.5, 0.6) is 0 Å². The third-order valence-electron chi connectivity index (χ3n) is 3.41. The minimum atomic E-state index is -0.891. The lowest BCUT2D eigenvalue weighted by Crippen LogP contribution is -2.43. The van der Waals surface area contributed by atoms with Crippen molar-refractivity contribution in [2.24, 2.45) is 0 Å². The van der Waals surface area contributed by atoms with Crippen LogP contribution in [0.4, 0.5) is 5.69 Å². The van der Waals surface area contributed by atoms with Crippen LogP contribution in [0.15, 0.2) is 18.2 Å². The monoisotopic (exact) mass is 290 g/mol. The molecule has 21 heavy (non-hydrogen) atoms. The van der Waals surface area contributed by atoms with E-state index in [1.165, 1.54) is 0 Å². The fourth-order valence-electron chi connectivity index (χ4n) is 2.22. The Bertz CT molecular complexity index is 608. The molecule has 0 aliphatic carbocycles. The first kappa shape index (κ1) is 15.0. The number of fused-ring (bicyclic) bond motifs is 1. The topological polar surface area (TPSA) is 95.5 Å². The average Bonchev–Trinajstić information content (AvgIpc) is 2.75. The van der Waals surface area contributed by atoms with Gasteiger partial charge in [-0.1, -0.05) is 6.07 Å². The van der Waals surface area contributed by atoms with Gasteiger partial charge in [-0.3, -0.25) is 14.4 Å². The average molecular weight is 290 g/mol. The van der Waals surface area contributed by atoms with E-state index in [2.05, 4.69) is 10.6 Å². The molecule has 0 fully saturated rings. The van der Waals surface area contributed by atoms with E-state index in [4.69, 9.17) is 5.11 Å². The number of hydrogen-bond acceptors (Lipinski definition) is 3. The van der Waals surface area contributed by atoms with E-state index in [9.17, 15) is 14.4 Å². The van der Waals surface area contributed by atoms with Crippen LogP contribution in [-0.4, -0.2) is 28.4 Å². The number of anilines is 1. The van der Waals surface area contributed by atoms with Crippen molar-refractivity contribution in [2.75, 3.05) is 5.32 Å². The molecule has 0 unspecified atom stereocenters. The van der Waals surface area contributed by atoms with Crippen molar-refractivity contribution in [3.8, 4) is 0 Å². The third-order valence-corrected chi connectivity index (χ3v) is 3.41. The molecule has 112 valence electrons. The summed E-state index contributed by atoms with van der Waals surface area (Å²) >= 11 is 0. The number of carboxylic acid groups (broad SMARTS) is 1. The Hall–Kier alpha value is -2.37. The quantitative estimate of drug-likeness (QED) is 0.766. The zero-order valence-corrected chi connectivity index (χ0v) is 12.0. The molecule has 6 nitrogen and oxygen atoms in total. The van der Waals surface area contributed by atoms with Crippen molar-refractivity contribution in [3.63, 3.8) is 0 Å². The molecule has 0 aromatic heterocycles. The summed E-state index contributed by atoms with van der Waals surface area (Å²) in [6.45, 7) is 3.56. The standard InChI is InChI=1S/C15H18N2O4/c1-15(2,6-5-13(19)20)17-14(21)10-4-3-9-8-12(18)16-11(9)7-10/h3-4,7H,5-6,8H2,1-2H3,(H,16,18)(H,17,21)(H,19,20). The smallest absolute Gasteiger partial charge is 0.303 e. The van der Waals surface area contributed by atoms with Gasteiger partial charge in [0.25, 0.3) is 5.91 Å². The summed E-state index contributed by atoms with van der Waals surface area (Å²) in [5.74, 6) is -1.25. The summed E-state index contributed by atoms with van der Waals surface area (Å²) in [7, 11) is 0. The van der Waals surface area contributed by atoms with Crippen molar-refractivity contribution in [1.29, 1.82) is 0 Å². The largest absolute Gasteiger partial charge is 0.481 e. The first-order valence-corrected chi connectivity index (χ1v) is 6.74. The molecule has 0 saturated carbocycles. The van der Waals surface area contributed by atoms with Gasteiger partial charge >= 0.3 is 5.97 Å². The lowest BCUT2D eigenvalue weighted by atomic mass is 9.97. The highest BCUT2D eigenvalue weighted by molar-refractivity contribution is 6.02. The van der Waals surface area contributed by atoms with Crippen LogP contribution in [0, 0.1) is 0 Å². The van der Waals surface area contributed by atoms with Crippen molar-refractivity contribution in [2.45, 2.75) is 38.6 Å². The number of rotatable bonds is 5. The van der Waals surface area contributed by atoms with Crippen LogP contribution in [0.3, 0.4) is 0 Å². The van der Waals surface area contributed by atoms with E-state index >= 15 is 0 Å². The molecule has 1 heterocycles. The molecule has 0 spiro atoms. The second kappa shape index (κ2) is 5.55. The second-order valence-corrected chi connectivity index (χ2v) is 5.83. The van der Waals surface area contributed by atoms with E-state index in [1.807, 2.05) is 0 Å². The van der Waals surface area contributed by atoms with Gasteiger partial charge in [0.15, 0.2) is 0 Å². The van der Waals surface area contributed by atoms with Crippen LogP contribution in [0.25, 0.3) is 0 Å². The highest BCUT2D eigenvalue weighted by Crippen LogP contribution is 2.24. The van der Waals surface area contributed by atoms with Gasteiger partial charge < -0.3 is 15.7 Å². The van der Waals surface area contributed by atoms with Gasteiger partial charge in [0, 0.05) is 23.2 Å². The zero-order valence-electron chi connectivity index (χ0n) is 12.0. The molecule has 0 radical (unpaired) electrons. The summed E-state index contributed by atoms with van der Waals surface area (Å²) < 4.78 is 0. The van der Waals surface area contributed by atoms with Gasteiger partial charge in [-0.25, -0.2) is 0 Å². The summed E-state index contributed by atoms with van der Waals surface area (Å²) in [4.78, 5) is 34.1. The number of carboxylic acids is 1. The highest BCUT2D eigenvalue weighted by Gasteiger charge is 2.24. The SMILES string of the molecule is CC(C)(CCC(=O)O)NC(=O)c1ccc2c(c1)NC(=O)C2.